The van der Waals surface area contributed by atoms with Crippen molar-refractivity contribution >= 4 is 5.91 Å². The summed E-state index contributed by atoms with van der Waals surface area (Å²) in [6.45, 7) is 9.31. The number of hydrogen-bond acceptors (Lipinski definition) is 1. The van der Waals surface area contributed by atoms with Gasteiger partial charge in [-0.3, -0.25) is 4.79 Å². The van der Waals surface area contributed by atoms with E-state index in [2.05, 4.69) is 56.9 Å². The summed E-state index contributed by atoms with van der Waals surface area (Å²) in [5.74, 6) is 0.285. The minimum absolute atomic E-state index is 0.285. The first kappa shape index (κ1) is 15.1. The number of benzene rings is 1. The van der Waals surface area contributed by atoms with Crippen molar-refractivity contribution in [3.8, 4) is 0 Å². The van der Waals surface area contributed by atoms with Crippen LogP contribution in [0.4, 0.5) is 0 Å². The number of nitrogens with zero attached hydrogens (tertiary/aromatic N) is 1. The lowest BCUT2D eigenvalue weighted by Crippen LogP contribution is -2.50. The van der Waals surface area contributed by atoms with Crippen LogP contribution in [0.1, 0.15) is 57.6 Å². The maximum Gasteiger partial charge on any atom is 0.232 e. The van der Waals surface area contributed by atoms with Crippen molar-refractivity contribution in [2.45, 2.75) is 64.8 Å². The molecule has 0 radical (unpaired) electrons. The number of aryl methyl sites for hydroxylation is 1. The van der Waals surface area contributed by atoms with Crippen molar-refractivity contribution in [3.63, 3.8) is 0 Å². The van der Waals surface area contributed by atoms with E-state index in [-0.39, 0.29) is 5.91 Å². The summed E-state index contributed by atoms with van der Waals surface area (Å²) in [6.07, 6.45) is 4.63. The molecule has 0 spiro atoms. The van der Waals surface area contributed by atoms with E-state index in [1.165, 1.54) is 12.0 Å². The number of carbonyl (C=O) groups is 1. The minimum Gasteiger partial charge on any atom is -0.339 e. The molecule has 0 N–H and O–H groups in total. The van der Waals surface area contributed by atoms with Gasteiger partial charge in [-0.15, -0.1) is 0 Å². The fourth-order valence-electron chi connectivity index (χ4n) is 3.15. The van der Waals surface area contributed by atoms with Gasteiger partial charge in [0, 0.05) is 12.6 Å². The Kier molecular flexibility index (Phi) is 4.52. The fourth-order valence-corrected chi connectivity index (χ4v) is 3.15. The zero-order valence-electron chi connectivity index (χ0n) is 13.3. The van der Waals surface area contributed by atoms with E-state index in [1.54, 1.807) is 0 Å². The average Bonchev–Trinajstić information content (AvgIpc) is 2.46. The van der Waals surface area contributed by atoms with Crippen LogP contribution in [0.5, 0.6) is 0 Å². The lowest BCUT2D eigenvalue weighted by molar-refractivity contribution is -0.140. The van der Waals surface area contributed by atoms with E-state index in [9.17, 15) is 4.79 Å². The number of carbonyl (C=O) groups excluding carboxylic acids is 1. The highest BCUT2D eigenvalue weighted by Gasteiger charge is 2.37. The molecule has 2 nitrogen and oxygen atoms in total. The van der Waals surface area contributed by atoms with Crippen LogP contribution >= 0.6 is 0 Å². The zero-order chi connectivity index (χ0) is 14.8. The van der Waals surface area contributed by atoms with Gasteiger partial charge in [0.25, 0.3) is 0 Å². The number of rotatable bonds is 3. The molecular weight excluding hydrogens is 246 g/mol. The molecule has 20 heavy (non-hydrogen) atoms. The summed E-state index contributed by atoms with van der Waals surface area (Å²) < 4.78 is 0. The van der Waals surface area contributed by atoms with E-state index in [4.69, 9.17) is 0 Å². The predicted molar refractivity (Wildman–Crippen MR) is 83.8 cm³/mol. The van der Waals surface area contributed by atoms with Crippen molar-refractivity contribution in [2.24, 2.45) is 0 Å². The second-order valence-electron chi connectivity index (χ2n) is 6.55. The van der Waals surface area contributed by atoms with E-state index in [1.807, 2.05) is 0 Å². The molecule has 0 bridgehead atoms. The van der Waals surface area contributed by atoms with Crippen LogP contribution in [-0.2, 0) is 10.2 Å². The first-order chi connectivity index (χ1) is 9.46. The molecule has 2 rings (SSSR count). The first-order valence-corrected chi connectivity index (χ1v) is 7.85. The van der Waals surface area contributed by atoms with Gasteiger partial charge >= 0.3 is 0 Å². The largest absolute Gasteiger partial charge is 0.339 e. The predicted octanol–water partition coefficient (Wildman–Crippen LogP) is 4.06. The lowest BCUT2D eigenvalue weighted by Gasteiger charge is -2.40. The van der Waals surface area contributed by atoms with E-state index in [0.29, 0.717) is 6.04 Å². The highest BCUT2D eigenvalue weighted by Crippen LogP contribution is 2.30. The molecule has 1 aromatic rings. The quantitative estimate of drug-likeness (QED) is 0.813. The van der Waals surface area contributed by atoms with Gasteiger partial charge in [-0.25, -0.2) is 0 Å². The molecular formula is C18H27NO. The van der Waals surface area contributed by atoms with Crippen LogP contribution < -0.4 is 0 Å². The van der Waals surface area contributed by atoms with E-state index in [0.717, 1.165) is 31.4 Å². The third kappa shape index (κ3) is 2.89. The molecule has 1 heterocycles. The highest BCUT2D eigenvalue weighted by atomic mass is 16.2. The summed E-state index contributed by atoms with van der Waals surface area (Å²) in [5, 5.41) is 0. The molecule has 1 aliphatic heterocycles. The van der Waals surface area contributed by atoms with Gasteiger partial charge < -0.3 is 4.90 Å². The Morgan fingerprint density at radius 2 is 1.90 bits per heavy atom. The molecule has 0 saturated carbocycles. The molecule has 0 aliphatic carbocycles. The molecule has 1 fully saturated rings. The number of amides is 1. The molecule has 1 amide bonds. The standard InChI is InChI=1S/C18H27NO/c1-5-16-8-6-7-13-19(16)17(20)18(3,4)15-11-9-14(2)10-12-15/h9-12,16H,5-8,13H2,1-4H3. The van der Waals surface area contributed by atoms with E-state index < -0.39 is 5.41 Å². The topological polar surface area (TPSA) is 20.3 Å². The summed E-state index contributed by atoms with van der Waals surface area (Å²) in [4.78, 5) is 15.1. The summed E-state index contributed by atoms with van der Waals surface area (Å²) in [5.41, 5.74) is 1.92. The molecule has 110 valence electrons. The van der Waals surface area contributed by atoms with Crippen LogP contribution in [-0.4, -0.2) is 23.4 Å². The Balaban J connectivity index is 2.23. The Morgan fingerprint density at radius 3 is 2.50 bits per heavy atom. The monoisotopic (exact) mass is 273 g/mol. The van der Waals surface area contributed by atoms with Gasteiger partial charge in [-0.2, -0.15) is 0 Å². The van der Waals surface area contributed by atoms with Crippen LogP contribution in [0.2, 0.25) is 0 Å². The van der Waals surface area contributed by atoms with Crippen molar-refractivity contribution in [2.75, 3.05) is 6.54 Å². The SMILES string of the molecule is CCC1CCCCN1C(=O)C(C)(C)c1ccc(C)cc1. The van der Waals surface area contributed by atoms with Gasteiger partial charge in [-0.05, 0) is 52.0 Å². The average molecular weight is 273 g/mol. The maximum atomic E-state index is 13.0. The van der Waals surface area contributed by atoms with E-state index >= 15 is 0 Å². The third-order valence-electron chi connectivity index (χ3n) is 4.67. The Morgan fingerprint density at radius 1 is 1.25 bits per heavy atom. The highest BCUT2D eigenvalue weighted by molar-refractivity contribution is 5.87. The molecule has 1 atom stereocenters. The van der Waals surface area contributed by atoms with Gasteiger partial charge in [0.05, 0.1) is 5.41 Å². The van der Waals surface area contributed by atoms with Gasteiger partial charge in [-0.1, -0.05) is 36.8 Å². The zero-order valence-corrected chi connectivity index (χ0v) is 13.3. The smallest absolute Gasteiger partial charge is 0.232 e. The van der Waals surface area contributed by atoms with Crippen molar-refractivity contribution in [1.82, 2.24) is 4.90 Å². The van der Waals surface area contributed by atoms with Crippen LogP contribution in [0, 0.1) is 6.92 Å². The Bertz CT molecular complexity index is 461. The minimum atomic E-state index is -0.432. The van der Waals surface area contributed by atoms with Crippen LogP contribution in [0.15, 0.2) is 24.3 Å². The first-order valence-electron chi connectivity index (χ1n) is 7.85. The summed E-state index contributed by atoms with van der Waals surface area (Å²) in [7, 11) is 0. The second kappa shape index (κ2) is 5.99. The Hall–Kier alpha value is -1.31. The molecule has 1 aromatic carbocycles. The molecule has 1 unspecified atom stereocenters. The van der Waals surface area contributed by atoms with Gasteiger partial charge in [0.15, 0.2) is 0 Å². The number of piperidine rings is 1. The van der Waals surface area contributed by atoms with Crippen molar-refractivity contribution < 1.29 is 4.79 Å². The molecule has 1 aliphatic rings. The number of likely N-dealkylation sites (tertiary alicyclic amines) is 1. The molecule has 0 aromatic heterocycles. The van der Waals surface area contributed by atoms with Gasteiger partial charge in [0.2, 0.25) is 5.91 Å². The van der Waals surface area contributed by atoms with Crippen LogP contribution in [0.3, 0.4) is 0 Å². The maximum absolute atomic E-state index is 13.0. The second-order valence-corrected chi connectivity index (χ2v) is 6.55. The number of hydrogen-bond donors (Lipinski definition) is 0. The fraction of sp³-hybridized carbons (Fsp3) is 0.611. The summed E-state index contributed by atoms with van der Waals surface area (Å²) in [6, 6.07) is 8.81. The molecule has 2 heteroatoms. The Labute approximate surface area is 123 Å². The van der Waals surface area contributed by atoms with Crippen LogP contribution in [0.25, 0.3) is 0 Å². The molecule has 1 saturated heterocycles. The van der Waals surface area contributed by atoms with Gasteiger partial charge in [0.1, 0.15) is 0 Å². The summed E-state index contributed by atoms with van der Waals surface area (Å²) >= 11 is 0. The third-order valence-corrected chi connectivity index (χ3v) is 4.67. The normalized spacial score (nSPS) is 20.0. The van der Waals surface area contributed by atoms with Crippen molar-refractivity contribution in [1.29, 1.82) is 0 Å². The van der Waals surface area contributed by atoms with Crippen molar-refractivity contribution in [3.05, 3.63) is 35.4 Å². The lowest BCUT2D eigenvalue weighted by atomic mass is 9.81.